The Balaban J connectivity index is 3.50. The van der Waals surface area contributed by atoms with Crippen LogP contribution >= 0.6 is 0 Å². The van der Waals surface area contributed by atoms with Crippen LogP contribution in [0.1, 0.15) is 32.6 Å². The minimum atomic E-state index is -0.116. The van der Waals surface area contributed by atoms with Crippen LogP contribution in [0.15, 0.2) is 0 Å². The first kappa shape index (κ1) is 16.8. The summed E-state index contributed by atoms with van der Waals surface area (Å²) < 4.78 is 5.03. The Labute approximate surface area is 106 Å². The zero-order chi connectivity index (χ0) is 13.1. The highest BCUT2D eigenvalue weighted by Crippen LogP contribution is 2.12. The molecule has 0 aliphatic carbocycles. The molecule has 0 aromatic heterocycles. The molecule has 0 heterocycles. The van der Waals surface area contributed by atoms with Gasteiger partial charge in [-0.25, -0.2) is 0 Å². The standard InChI is InChI=1S/C13H30N2O2/c1-13(12-16,14-2)8-5-6-9-15(3)10-7-11-17-4/h14,16H,5-12H2,1-4H3. The van der Waals surface area contributed by atoms with Crippen molar-refractivity contribution in [2.24, 2.45) is 0 Å². The van der Waals surface area contributed by atoms with Gasteiger partial charge in [0.1, 0.15) is 0 Å². The molecule has 0 aliphatic rings. The molecule has 104 valence electrons. The molecule has 0 rings (SSSR count). The Morgan fingerprint density at radius 1 is 1.24 bits per heavy atom. The van der Waals surface area contributed by atoms with Gasteiger partial charge in [-0.15, -0.1) is 0 Å². The quantitative estimate of drug-likeness (QED) is 0.536. The topological polar surface area (TPSA) is 44.7 Å². The molecule has 0 aliphatic heterocycles. The van der Waals surface area contributed by atoms with E-state index in [2.05, 4.69) is 24.2 Å². The van der Waals surface area contributed by atoms with Crippen molar-refractivity contribution >= 4 is 0 Å². The molecule has 0 aromatic carbocycles. The maximum Gasteiger partial charge on any atom is 0.0610 e. The molecule has 0 bridgehead atoms. The summed E-state index contributed by atoms with van der Waals surface area (Å²) in [5.74, 6) is 0. The zero-order valence-corrected chi connectivity index (χ0v) is 12.0. The molecule has 0 saturated heterocycles. The summed E-state index contributed by atoms with van der Waals surface area (Å²) >= 11 is 0. The molecule has 1 unspecified atom stereocenters. The van der Waals surface area contributed by atoms with E-state index in [4.69, 9.17) is 4.74 Å². The van der Waals surface area contributed by atoms with Crippen LogP contribution < -0.4 is 5.32 Å². The molecule has 0 fully saturated rings. The Hall–Kier alpha value is -0.160. The third-order valence-electron chi connectivity index (χ3n) is 3.36. The predicted octanol–water partition coefficient (Wildman–Crippen LogP) is 1.10. The lowest BCUT2D eigenvalue weighted by Crippen LogP contribution is -2.43. The SMILES string of the molecule is CNC(C)(CO)CCCCN(C)CCCOC. The molecule has 0 radical (unpaired) electrons. The van der Waals surface area contributed by atoms with Crippen molar-refractivity contribution in [2.75, 3.05) is 47.5 Å². The second-order valence-corrected chi connectivity index (χ2v) is 5.08. The van der Waals surface area contributed by atoms with Crippen molar-refractivity contribution < 1.29 is 9.84 Å². The van der Waals surface area contributed by atoms with Crippen LogP contribution in [0.25, 0.3) is 0 Å². The largest absolute Gasteiger partial charge is 0.394 e. The van der Waals surface area contributed by atoms with Crippen LogP contribution in [-0.4, -0.2) is 63.1 Å². The Bertz CT molecular complexity index is 173. The summed E-state index contributed by atoms with van der Waals surface area (Å²) in [5.41, 5.74) is -0.116. The normalized spacial score (nSPS) is 15.2. The number of aliphatic hydroxyl groups is 1. The Morgan fingerprint density at radius 3 is 2.41 bits per heavy atom. The fourth-order valence-corrected chi connectivity index (χ4v) is 1.77. The van der Waals surface area contributed by atoms with Gasteiger partial charge >= 0.3 is 0 Å². The van der Waals surface area contributed by atoms with Crippen LogP contribution in [0, 0.1) is 0 Å². The Kier molecular flexibility index (Phi) is 9.74. The lowest BCUT2D eigenvalue weighted by Gasteiger charge is -2.27. The number of nitrogens with one attached hydrogen (secondary N) is 1. The fraction of sp³-hybridized carbons (Fsp3) is 1.00. The van der Waals surface area contributed by atoms with Gasteiger partial charge in [0.25, 0.3) is 0 Å². The average molecular weight is 246 g/mol. The van der Waals surface area contributed by atoms with Crippen molar-refractivity contribution in [3.8, 4) is 0 Å². The minimum absolute atomic E-state index is 0.116. The number of hydrogen-bond donors (Lipinski definition) is 2. The first-order chi connectivity index (χ1) is 8.08. The van der Waals surface area contributed by atoms with E-state index in [9.17, 15) is 5.11 Å². The first-order valence-electron chi connectivity index (χ1n) is 6.55. The summed E-state index contributed by atoms with van der Waals surface area (Å²) in [7, 11) is 5.81. The van der Waals surface area contributed by atoms with Crippen molar-refractivity contribution in [3.63, 3.8) is 0 Å². The molecule has 0 saturated carbocycles. The van der Waals surface area contributed by atoms with E-state index in [-0.39, 0.29) is 12.1 Å². The zero-order valence-electron chi connectivity index (χ0n) is 12.0. The predicted molar refractivity (Wildman–Crippen MR) is 72.4 cm³/mol. The van der Waals surface area contributed by atoms with Gasteiger partial charge in [-0.1, -0.05) is 6.42 Å². The van der Waals surface area contributed by atoms with Crippen LogP contribution in [0.2, 0.25) is 0 Å². The van der Waals surface area contributed by atoms with Crippen molar-refractivity contribution in [1.29, 1.82) is 0 Å². The maximum absolute atomic E-state index is 9.25. The van der Waals surface area contributed by atoms with Gasteiger partial charge in [0.05, 0.1) is 6.61 Å². The van der Waals surface area contributed by atoms with Crippen LogP contribution in [0.3, 0.4) is 0 Å². The van der Waals surface area contributed by atoms with Gasteiger partial charge in [0.2, 0.25) is 0 Å². The van der Waals surface area contributed by atoms with Crippen LogP contribution in [0.4, 0.5) is 0 Å². The molecule has 4 nitrogen and oxygen atoms in total. The number of nitrogens with zero attached hydrogens (tertiary/aromatic N) is 1. The summed E-state index contributed by atoms with van der Waals surface area (Å²) in [6, 6.07) is 0. The molecule has 0 aromatic rings. The summed E-state index contributed by atoms with van der Waals surface area (Å²) in [6.45, 7) is 5.32. The van der Waals surface area contributed by atoms with E-state index in [0.717, 1.165) is 39.0 Å². The Morgan fingerprint density at radius 2 is 1.88 bits per heavy atom. The average Bonchev–Trinajstić information content (AvgIpc) is 2.35. The van der Waals surface area contributed by atoms with Gasteiger partial charge < -0.3 is 20.1 Å². The van der Waals surface area contributed by atoms with E-state index >= 15 is 0 Å². The molecular formula is C13H30N2O2. The number of ether oxygens (including phenoxy) is 1. The number of methoxy groups -OCH3 is 1. The summed E-state index contributed by atoms with van der Waals surface area (Å²) in [5, 5.41) is 12.4. The van der Waals surface area contributed by atoms with E-state index < -0.39 is 0 Å². The molecule has 2 N–H and O–H groups in total. The number of likely N-dealkylation sites (N-methyl/N-ethyl adjacent to an activating group) is 1. The smallest absolute Gasteiger partial charge is 0.0610 e. The molecule has 0 amide bonds. The highest BCUT2D eigenvalue weighted by molar-refractivity contribution is 4.80. The molecule has 1 atom stereocenters. The highest BCUT2D eigenvalue weighted by atomic mass is 16.5. The molecule has 0 spiro atoms. The molecular weight excluding hydrogens is 216 g/mol. The van der Waals surface area contributed by atoms with E-state index in [0.29, 0.717) is 0 Å². The second-order valence-electron chi connectivity index (χ2n) is 5.08. The van der Waals surface area contributed by atoms with E-state index in [1.165, 1.54) is 6.42 Å². The van der Waals surface area contributed by atoms with E-state index in [1.54, 1.807) is 7.11 Å². The monoisotopic (exact) mass is 246 g/mol. The van der Waals surface area contributed by atoms with Gasteiger partial charge in [0, 0.05) is 25.8 Å². The second kappa shape index (κ2) is 9.83. The number of rotatable bonds is 11. The van der Waals surface area contributed by atoms with Gasteiger partial charge in [-0.05, 0) is 46.8 Å². The molecule has 17 heavy (non-hydrogen) atoms. The van der Waals surface area contributed by atoms with Gasteiger partial charge in [-0.3, -0.25) is 0 Å². The minimum Gasteiger partial charge on any atom is -0.394 e. The third-order valence-corrected chi connectivity index (χ3v) is 3.36. The fourth-order valence-electron chi connectivity index (χ4n) is 1.77. The van der Waals surface area contributed by atoms with Crippen LogP contribution in [0.5, 0.6) is 0 Å². The number of aliphatic hydroxyl groups excluding tert-OH is 1. The van der Waals surface area contributed by atoms with Gasteiger partial charge in [0.15, 0.2) is 0 Å². The van der Waals surface area contributed by atoms with Crippen LogP contribution in [-0.2, 0) is 4.74 Å². The lowest BCUT2D eigenvalue weighted by atomic mass is 9.96. The van der Waals surface area contributed by atoms with Crippen molar-refractivity contribution in [1.82, 2.24) is 10.2 Å². The molecule has 4 heteroatoms. The highest BCUT2D eigenvalue weighted by Gasteiger charge is 2.19. The van der Waals surface area contributed by atoms with E-state index in [1.807, 2.05) is 7.05 Å². The maximum atomic E-state index is 9.25. The van der Waals surface area contributed by atoms with Crippen molar-refractivity contribution in [3.05, 3.63) is 0 Å². The number of unbranched alkanes of at least 4 members (excludes halogenated alkanes) is 1. The summed E-state index contributed by atoms with van der Waals surface area (Å²) in [4.78, 5) is 2.34. The first-order valence-corrected chi connectivity index (χ1v) is 6.55. The van der Waals surface area contributed by atoms with Gasteiger partial charge in [-0.2, -0.15) is 0 Å². The number of hydrogen-bond acceptors (Lipinski definition) is 4. The summed E-state index contributed by atoms with van der Waals surface area (Å²) in [6.07, 6.45) is 4.44. The van der Waals surface area contributed by atoms with Crippen molar-refractivity contribution in [2.45, 2.75) is 38.1 Å². The lowest BCUT2D eigenvalue weighted by molar-refractivity contribution is 0.166. The third kappa shape index (κ3) is 8.55.